The van der Waals surface area contributed by atoms with Gasteiger partial charge in [0.1, 0.15) is 0 Å². The van der Waals surface area contributed by atoms with E-state index >= 15 is 0 Å². The molecule has 2 saturated heterocycles. The van der Waals surface area contributed by atoms with E-state index in [2.05, 4.69) is 45.5 Å². The molecule has 2 fully saturated rings. The van der Waals surface area contributed by atoms with E-state index in [0.717, 1.165) is 36.8 Å². The van der Waals surface area contributed by atoms with Gasteiger partial charge in [-0.25, -0.2) is 0 Å². The van der Waals surface area contributed by atoms with Gasteiger partial charge in [0.15, 0.2) is 5.82 Å². The molecule has 25 heavy (non-hydrogen) atoms. The molecule has 2 aliphatic heterocycles. The second-order valence-corrected chi connectivity index (χ2v) is 7.40. The fraction of sp³-hybridized carbons (Fsp3) is 0.600. The van der Waals surface area contributed by atoms with Crippen LogP contribution < -0.4 is 5.32 Å². The monoisotopic (exact) mass is 340 g/mol. The maximum Gasteiger partial charge on any atom is 0.257 e. The second-order valence-electron chi connectivity index (χ2n) is 7.40. The van der Waals surface area contributed by atoms with Crippen molar-refractivity contribution in [2.75, 3.05) is 13.1 Å². The van der Waals surface area contributed by atoms with Gasteiger partial charge < -0.3 is 14.7 Å². The Morgan fingerprint density at radius 1 is 1.28 bits per heavy atom. The van der Waals surface area contributed by atoms with Gasteiger partial charge in [-0.3, -0.25) is 0 Å². The number of aryl methyl sites for hydroxylation is 1. The van der Waals surface area contributed by atoms with Gasteiger partial charge in [0.25, 0.3) is 5.89 Å². The third-order valence-electron chi connectivity index (χ3n) is 5.53. The highest BCUT2D eigenvalue weighted by molar-refractivity contribution is 5.54. The molecule has 2 aromatic rings. The Morgan fingerprint density at radius 3 is 3.16 bits per heavy atom. The van der Waals surface area contributed by atoms with Crippen molar-refractivity contribution in [3.63, 3.8) is 0 Å². The second kappa shape index (κ2) is 7.67. The minimum Gasteiger partial charge on any atom is -0.334 e. The average molecular weight is 340 g/mol. The van der Waals surface area contributed by atoms with Crippen LogP contribution in [0.25, 0.3) is 11.5 Å². The number of hydrogen-bond donors (Lipinski definition) is 1. The molecule has 1 N–H and O–H groups in total. The van der Waals surface area contributed by atoms with Crippen LogP contribution in [0.3, 0.4) is 0 Å². The van der Waals surface area contributed by atoms with Gasteiger partial charge in [-0.15, -0.1) is 0 Å². The van der Waals surface area contributed by atoms with Crippen molar-refractivity contribution in [3.05, 3.63) is 35.7 Å². The van der Waals surface area contributed by atoms with Crippen molar-refractivity contribution in [3.8, 4) is 11.5 Å². The molecule has 0 unspecified atom stereocenters. The predicted octanol–water partition coefficient (Wildman–Crippen LogP) is 3.41. The van der Waals surface area contributed by atoms with Crippen LogP contribution in [-0.4, -0.2) is 40.2 Å². The first kappa shape index (κ1) is 16.7. The van der Waals surface area contributed by atoms with Crippen LogP contribution in [0.15, 0.2) is 28.8 Å². The van der Waals surface area contributed by atoms with E-state index in [9.17, 15) is 0 Å². The topological polar surface area (TPSA) is 54.2 Å². The number of nitrogens with one attached hydrogen (secondary N) is 1. The fourth-order valence-corrected chi connectivity index (χ4v) is 4.18. The summed E-state index contributed by atoms with van der Waals surface area (Å²) in [6, 6.07) is 9.92. The predicted molar refractivity (Wildman–Crippen MR) is 98.2 cm³/mol. The van der Waals surface area contributed by atoms with Crippen LogP contribution in [0.1, 0.15) is 50.4 Å². The molecule has 0 amide bonds. The number of rotatable bonds is 6. The van der Waals surface area contributed by atoms with E-state index in [4.69, 9.17) is 4.52 Å². The molecule has 1 aromatic carbocycles. The van der Waals surface area contributed by atoms with Gasteiger partial charge >= 0.3 is 0 Å². The molecule has 0 saturated carbocycles. The Morgan fingerprint density at radius 2 is 2.24 bits per heavy atom. The van der Waals surface area contributed by atoms with Crippen LogP contribution in [-0.2, 0) is 13.0 Å². The van der Waals surface area contributed by atoms with Crippen LogP contribution in [0.4, 0.5) is 0 Å². The van der Waals surface area contributed by atoms with Gasteiger partial charge in [-0.2, -0.15) is 4.98 Å². The standard InChI is InChI=1S/C20H28N4O/c1-2-5-19-22-20(25-23-19)16-7-3-6-15(12-16)14-21-17-9-11-24-10-4-8-18(24)13-17/h3,6-7,12,17-18,21H,2,4-5,8-11,13-14H2,1H3/t17-,18+/m1/s1. The summed E-state index contributed by atoms with van der Waals surface area (Å²) in [5.41, 5.74) is 2.29. The smallest absolute Gasteiger partial charge is 0.257 e. The molecule has 134 valence electrons. The molecule has 0 radical (unpaired) electrons. The van der Waals surface area contributed by atoms with Crippen molar-refractivity contribution in [2.45, 2.75) is 64.1 Å². The Bertz CT molecular complexity index is 699. The molecule has 1 aromatic heterocycles. The van der Waals surface area contributed by atoms with Crippen molar-refractivity contribution in [1.82, 2.24) is 20.4 Å². The zero-order valence-electron chi connectivity index (χ0n) is 15.1. The average Bonchev–Trinajstić information content (AvgIpc) is 3.29. The van der Waals surface area contributed by atoms with E-state index in [0.29, 0.717) is 11.9 Å². The van der Waals surface area contributed by atoms with Gasteiger partial charge in [0.2, 0.25) is 0 Å². The first-order valence-corrected chi connectivity index (χ1v) is 9.71. The third kappa shape index (κ3) is 3.93. The Kier molecular flexibility index (Phi) is 5.13. The molecular formula is C20H28N4O. The lowest BCUT2D eigenvalue weighted by molar-refractivity contribution is 0.166. The highest BCUT2D eigenvalue weighted by Crippen LogP contribution is 2.27. The number of hydrogen-bond acceptors (Lipinski definition) is 5. The largest absolute Gasteiger partial charge is 0.334 e. The number of nitrogens with zero attached hydrogens (tertiary/aromatic N) is 3. The maximum absolute atomic E-state index is 5.41. The molecule has 3 heterocycles. The highest BCUT2D eigenvalue weighted by atomic mass is 16.5. The summed E-state index contributed by atoms with van der Waals surface area (Å²) in [5, 5.41) is 7.82. The maximum atomic E-state index is 5.41. The van der Waals surface area contributed by atoms with Crippen molar-refractivity contribution >= 4 is 0 Å². The summed E-state index contributed by atoms with van der Waals surface area (Å²) in [5.74, 6) is 1.42. The molecule has 5 heteroatoms. The van der Waals surface area contributed by atoms with E-state index in [1.54, 1.807) is 0 Å². The van der Waals surface area contributed by atoms with Crippen molar-refractivity contribution in [2.24, 2.45) is 0 Å². The van der Waals surface area contributed by atoms with E-state index in [-0.39, 0.29) is 0 Å². The summed E-state index contributed by atoms with van der Waals surface area (Å²) in [6.45, 7) is 5.59. The molecule has 2 aliphatic rings. The van der Waals surface area contributed by atoms with Crippen molar-refractivity contribution < 1.29 is 4.52 Å². The summed E-state index contributed by atoms with van der Waals surface area (Å²) in [6.07, 6.45) is 7.21. The van der Waals surface area contributed by atoms with Crippen LogP contribution in [0, 0.1) is 0 Å². The lowest BCUT2D eigenvalue weighted by Crippen LogP contribution is -2.45. The fourth-order valence-electron chi connectivity index (χ4n) is 4.18. The normalized spacial score (nSPS) is 23.7. The molecule has 0 spiro atoms. The zero-order valence-corrected chi connectivity index (χ0v) is 15.1. The summed E-state index contributed by atoms with van der Waals surface area (Å²) in [4.78, 5) is 7.16. The van der Waals surface area contributed by atoms with E-state index < -0.39 is 0 Å². The van der Waals surface area contributed by atoms with Crippen LogP contribution in [0.2, 0.25) is 0 Å². The Labute approximate surface area is 149 Å². The van der Waals surface area contributed by atoms with E-state index in [1.807, 2.05) is 6.07 Å². The Hall–Kier alpha value is -1.72. The third-order valence-corrected chi connectivity index (χ3v) is 5.53. The number of piperidine rings is 1. The molecule has 0 bridgehead atoms. The first-order chi connectivity index (χ1) is 12.3. The molecule has 0 aliphatic carbocycles. The lowest BCUT2D eigenvalue weighted by atomic mass is 9.97. The van der Waals surface area contributed by atoms with Gasteiger partial charge in [-0.05, 0) is 62.9 Å². The first-order valence-electron chi connectivity index (χ1n) is 9.71. The quantitative estimate of drug-likeness (QED) is 0.873. The SMILES string of the molecule is CCCc1noc(-c2cccc(CN[C@@H]3CCN4CCC[C@H]4C3)c2)n1. The zero-order chi connectivity index (χ0) is 17.1. The lowest BCUT2D eigenvalue weighted by Gasteiger charge is -2.35. The summed E-state index contributed by atoms with van der Waals surface area (Å²) < 4.78 is 5.41. The van der Waals surface area contributed by atoms with Gasteiger partial charge in [0.05, 0.1) is 0 Å². The molecular weight excluding hydrogens is 312 g/mol. The summed E-state index contributed by atoms with van der Waals surface area (Å²) in [7, 11) is 0. The molecule has 4 rings (SSSR count). The summed E-state index contributed by atoms with van der Waals surface area (Å²) >= 11 is 0. The number of fused-ring (bicyclic) bond motifs is 1. The van der Waals surface area contributed by atoms with Gasteiger partial charge in [-0.1, -0.05) is 24.2 Å². The highest BCUT2D eigenvalue weighted by Gasteiger charge is 2.31. The van der Waals surface area contributed by atoms with Gasteiger partial charge in [0, 0.05) is 30.6 Å². The molecule has 5 nitrogen and oxygen atoms in total. The van der Waals surface area contributed by atoms with Crippen LogP contribution >= 0.6 is 0 Å². The Balaban J connectivity index is 1.36. The van der Waals surface area contributed by atoms with E-state index in [1.165, 1.54) is 44.3 Å². The number of aromatic nitrogens is 2. The van der Waals surface area contributed by atoms with Crippen LogP contribution in [0.5, 0.6) is 0 Å². The number of benzene rings is 1. The molecule has 2 atom stereocenters. The minimum absolute atomic E-state index is 0.629. The van der Waals surface area contributed by atoms with Crippen molar-refractivity contribution in [1.29, 1.82) is 0 Å². The minimum atomic E-state index is 0.629.